The van der Waals surface area contributed by atoms with Gasteiger partial charge >= 0.3 is 5.97 Å². The lowest BCUT2D eigenvalue weighted by Crippen LogP contribution is -2.31. The minimum Gasteiger partial charge on any atom is -0.451 e. The van der Waals surface area contributed by atoms with Gasteiger partial charge in [-0.15, -0.1) is 0 Å². The van der Waals surface area contributed by atoms with Crippen molar-refractivity contribution in [3.8, 4) is 0 Å². The van der Waals surface area contributed by atoms with Crippen molar-refractivity contribution in [1.29, 1.82) is 0 Å². The van der Waals surface area contributed by atoms with Crippen LogP contribution in [-0.2, 0) is 9.53 Å². The number of amides is 1. The number of ether oxygens (including phenoxy) is 1. The topological polar surface area (TPSA) is 101 Å². The highest BCUT2D eigenvalue weighted by Gasteiger charge is 2.17. The molecule has 0 aliphatic rings. The van der Waals surface area contributed by atoms with Crippen LogP contribution in [0.5, 0.6) is 0 Å². The van der Waals surface area contributed by atoms with Gasteiger partial charge in [-0.3, -0.25) is 9.59 Å². The molecule has 7 heteroatoms. The molecule has 0 saturated carbocycles. The molecule has 1 atom stereocenters. The number of hydrogen-bond donors (Lipinski definition) is 2. The van der Waals surface area contributed by atoms with Crippen molar-refractivity contribution in [3.63, 3.8) is 0 Å². The monoisotopic (exact) mass is 351 g/mol. The first-order valence-electron chi connectivity index (χ1n) is 8.05. The molecular weight excluding hydrogens is 334 g/mol. The number of fused-ring (bicyclic) bond motifs is 1. The van der Waals surface area contributed by atoms with Crippen LogP contribution in [0.15, 0.2) is 59.4 Å². The maximum absolute atomic E-state index is 12.2. The molecule has 1 amide bonds. The number of aromatic amines is 1. The van der Waals surface area contributed by atoms with E-state index in [1.807, 2.05) is 37.3 Å². The minimum atomic E-state index is -0.778. The molecule has 0 radical (unpaired) electrons. The van der Waals surface area contributed by atoms with E-state index in [2.05, 4.69) is 15.5 Å². The zero-order valence-electron chi connectivity index (χ0n) is 14.1. The second kappa shape index (κ2) is 7.60. The molecule has 3 aromatic rings. The normalized spacial score (nSPS) is 11.7. The molecule has 0 aliphatic carbocycles. The first-order valence-corrected chi connectivity index (χ1v) is 8.05. The maximum Gasteiger partial charge on any atom is 0.359 e. The van der Waals surface area contributed by atoms with Crippen LogP contribution in [-0.4, -0.2) is 28.7 Å². The van der Waals surface area contributed by atoms with Crippen molar-refractivity contribution >= 4 is 22.6 Å². The molecule has 0 fully saturated rings. The molecule has 2 aromatic carbocycles. The maximum atomic E-state index is 12.2. The van der Waals surface area contributed by atoms with Crippen molar-refractivity contribution in [1.82, 2.24) is 15.5 Å². The molecule has 0 bridgehead atoms. The fourth-order valence-corrected chi connectivity index (χ4v) is 2.58. The lowest BCUT2D eigenvalue weighted by Gasteiger charge is -2.14. The highest BCUT2D eigenvalue weighted by Crippen LogP contribution is 2.14. The van der Waals surface area contributed by atoms with Gasteiger partial charge in [0.05, 0.1) is 11.4 Å². The zero-order valence-corrected chi connectivity index (χ0v) is 14.1. The van der Waals surface area contributed by atoms with Crippen LogP contribution in [0.1, 0.15) is 29.0 Å². The van der Waals surface area contributed by atoms with Crippen molar-refractivity contribution in [3.05, 3.63) is 76.2 Å². The Morgan fingerprint density at radius 1 is 1.08 bits per heavy atom. The number of benzene rings is 2. The molecule has 0 saturated heterocycles. The number of esters is 1. The Balaban J connectivity index is 1.65. The van der Waals surface area contributed by atoms with Gasteiger partial charge in [0.15, 0.2) is 12.3 Å². The van der Waals surface area contributed by atoms with Crippen LogP contribution < -0.4 is 10.9 Å². The van der Waals surface area contributed by atoms with E-state index in [-0.39, 0.29) is 11.7 Å². The average Bonchev–Trinajstić information content (AvgIpc) is 2.67. The minimum absolute atomic E-state index is 0.0379. The number of aromatic nitrogens is 2. The Kier molecular flexibility index (Phi) is 5.07. The third-order valence-electron chi connectivity index (χ3n) is 3.90. The fourth-order valence-electron chi connectivity index (χ4n) is 2.58. The molecule has 0 spiro atoms. The van der Waals surface area contributed by atoms with Crippen molar-refractivity contribution in [2.24, 2.45) is 0 Å². The molecule has 1 aromatic heterocycles. The summed E-state index contributed by atoms with van der Waals surface area (Å²) in [6.45, 7) is 1.40. The van der Waals surface area contributed by atoms with Crippen molar-refractivity contribution in [2.75, 3.05) is 6.61 Å². The average molecular weight is 351 g/mol. The molecule has 1 heterocycles. The first-order chi connectivity index (χ1) is 12.6. The van der Waals surface area contributed by atoms with Crippen molar-refractivity contribution < 1.29 is 14.3 Å². The lowest BCUT2D eigenvalue weighted by atomic mass is 10.1. The smallest absolute Gasteiger partial charge is 0.359 e. The Morgan fingerprint density at radius 2 is 1.73 bits per heavy atom. The summed E-state index contributed by atoms with van der Waals surface area (Å²) in [6.07, 6.45) is 0. The van der Waals surface area contributed by atoms with Crippen LogP contribution >= 0.6 is 0 Å². The van der Waals surface area contributed by atoms with Gasteiger partial charge in [0, 0.05) is 5.39 Å². The third kappa shape index (κ3) is 3.77. The quantitative estimate of drug-likeness (QED) is 0.684. The second-order valence-electron chi connectivity index (χ2n) is 5.72. The van der Waals surface area contributed by atoms with Crippen molar-refractivity contribution in [2.45, 2.75) is 13.0 Å². The van der Waals surface area contributed by atoms with Gasteiger partial charge in [-0.25, -0.2) is 9.89 Å². The Labute approximate surface area is 149 Å². The summed E-state index contributed by atoms with van der Waals surface area (Å²) >= 11 is 0. The molecule has 26 heavy (non-hydrogen) atoms. The predicted octanol–water partition coefficient (Wildman–Crippen LogP) is 1.96. The number of rotatable bonds is 5. The predicted molar refractivity (Wildman–Crippen MR) is 95.6 cm³/mol. The third-order valence-corrected chi connectivity index (χ3v) is 3.90. The summed E-state index contributed by atoms with van der Waals surface area (Å²) < 4.78 is 5.04. The highest BCUT2D eigenvalue weighted by atomic mass is 16.5. The van der Waals surface area contributed by atoms with E-state index in [9.17, 15) is 14.4 Å². The van der Waals surface area contributed by atoms with Gasteiger partial charge in [0.1, 0.15) is 0 Å². The van der Waals surface area contributed by atoms with Gasteiger partial charge in [-0.2, -0.15) is 5.10 Å². The van der Waals surface area contributed by atoms with Gasteiger partial charge in [-0.05, 0) is 18.6 Å². The number of carbonyl (C=O) groups excluding carboxylic acids is 2. The Bertz CT molecular complexity index is 998. The molecule has 2 N–H and O–H groups in total. The molecule has 0 aliphatic heterocycles. The SMILES string of the molecule is CC(NC(=O)COC(=O)c1n[nH]c(=O)c2ccccc12)c1ccccc1. The first kappa shape index (κ1) is 17.3. The Morgan fingerprint density at radius 3 is 2.46 bits per heavy atom. The zero-order chi connectivity index (χ0) is 18.5. The summed E-state index contributed by atoms with van der Waals surface area (Å²) in [5.74, 6) is -1.21. The molecule has 1 unspecified atom stereocenters. The van der Waals surface area contributed by atoms with Gasteiger partial charge < -0.3 is 10.1 Å². The Hall–Kier alpha value is -3.48. The van der Waals surface area contributed by atoms with E-state index in [0.717, 1.165) is 5.56 Å². The van der Waals surface area contributed by atoms with Crippen LogP contribution in [0.4, 0.5) is 0 Å². The highest BCUT2D eigenvalue weighted by molar-refractivity contribution is 6.02. The van der Waals surface area contributed by atoms with Gasteiger partial charge in [0.25, 0.3) is 11.5 Å². The van der Waals surface area contributed by atoms with E-state index >= 15 is 0 Å². The second-order valence-corrected chi connectivity index (χ2v) is 5.72. The molecule has 7 nitrogen and oxygen atoms in total. The molecule has 132 valence electrons. The number of nitrogens with zero attached hydrogens (tertiary/aromatic N) is 1. The standard InChI is InChI=1S/C19H17N3O4/c1-12(13-7-3-2-4-8-13)20-16(23)11-26-19(25)17-14-9-5-6-10-15(14)18(24)22-21-17/h2-10,12H,11H2,1H3,(H,20,23)(H,22,24). The van der Waals surface area contributed by atoms with Crippen LogP contribution in [0.25, 0.3) is 10.8 Å². The van der Waals surface area contributed by atoms with E-state index in [4.69, 9.17) is 4.74 Å². The number of nitrogens with one attached hydrogen (secondary N) is 2. The van der Waals surface area contributed by atoms with E-state index in [1.54, 1.807) is 24.3 Å². The number of hydrogen-bond acceptors (Lipinski definition) is 5. The van der Waals surface area contributed by atoms with Gasteiger partial charge in [-0.1, -0.05) is 48.5 Å². The van der Waals surface area contributed by atoms with E-state index < -0.39 is 24.0 Å². The number of carbonyl (C=O) groups is 2. The summed E-state index contributed by atoms with van der Waals surface area (Å²) in [6, 6.07) is 15.8. The molecular formula is C19H17N3O4. The number of H-pyrrole nitrogens is 1. The summed E-state index contributed by atoms with van der Waals surface area (Å²) in [4.78, 5) is 36.0. The van der Waals surface area contributed by atoms with Crippen LogP contribution in [0.3, 0.4) is 0 Å². The van der Waals surface area contributed by atoms with E-state index in [0.29, 0.717) is 10.8 Å². The molecule has 3 rings (SSSR count). The lowest BCUT2D eigenvalue weighted by molar-refractivity contribution is -0.124. The van der Waals surface area contributed by atoms with E-state index in [1.165, 1.54) is 0 Å². The van der Waals surface area contributed by atoms with Gasteiger partial charge in [0.2, 0.25) is 0 Å². The summed E-state index contributed by atoms with van der Waals surface area (Å²) in [5, 5.41) is 9.47. The summed E-state index contributed by atoms with van der Waals surface area (Å²) in [5.41, 5.74) is 0.510. The van der Waals surface area contributed by atoms with Crippen LogP contribution in [0.2, 0.25) is 0 Å². The summed E-state index contributed by atoms with van der Waals surface area (Å²) in [7, 11) is 0. The largest absolute Gasteiger partial charge is 0.451 e. The van der Waals surface area contributed by atoms with Crippen LogP contribution in [0, 0.1) is 0 Å². The fraction of sp³-hybridized carbons (Fsp3) is 0.158.